The molecule has 0 heterocycles. The van der Waals surface area contributed by atoms with Crippen LogP contribution in [0.2, 0.25) is 0 Å². The van der Waals surface area contributed by atoms with Crippen molar-refractivity contribution in [3.63, 3.8) is 0 Å². The van der Waals surface area contributed by atoms with Crippen LogP contribution < -0.4 is 9.47 Å². The van der Waals surface area contributed by atoms with E-state index in [1.807, 2.05) is 24.3 Å². The van der Waals surface area contributed by atoms with Crippen LogP contribution in [0.5, 0.6) is 11.5 Å². The lowest BCUT2D eigenvalue weighted by Gasteiger charge is -2.17. The summed E-state index contributed by atoms with van der Waals surface area (Å²) in [5.41, 5.74) is 5.98. The van der Waals surface area contributed by atoms with E-state index in [1.165, 1.54) is 114 Å². The van der Waals surface area contributed by atoms with Gasteiger partial charge in [-0.05, 0) is 111 Å². The molecule has 4 aromatic carbocycles. The van der Waals surface area contributed by atoms with Crippen LogP contribution in [0.3, 0.4) is 0 Å². The Morgan fingerprint density at radius 1 is 0.407 bits per heavy atom. The minimum absolute atomic E-state index is 0.329. The zero-order valence-corrected chi connectivity index (χ0v) is 40.3. The van der Waals surface area contributed by atoms with Crippen molar-refractivity contribution < 1.29 is 17.9 Å². The Morgan fingerprint density at radius 3 is 1.03 bits per heavy atom. The second kappa shape index (κ2) is 28.8. The minimum atomic E-state index is -3.90. The molecule has 0 radical (unpaired) electrons. The third-order valence-electron chi connectivity index (χ3n) is 11.3. The lowest BCUT2D eigenvalue weighted by atomic mass is 10.0. The van der Waals surface area contributed by atoms with Gasteiger partial charge in [-0.1, -0.05) is 194 Å². The van der Waals surface area contributed by atoms with Gasteiger partial charge in [0, 0.05) is 10.7 Å². The molecule has 59 heavy (non-hydrogen) atoms. The number of ether oxygens (including phenoxy) is 2. The molecule has 0 aliphatic rings. The smallest absolute Gasteiger partial charge is 0.207 e. The monoisotopic (exact) mass is 950 g/mol. The number of halogens is 2. The van der Waals surface area contributed by atoms with Gasteiger partial charge in [-0.25, -0.2) is 8.42 Å². The Balaban J connectivity index is 1.43. The lowest BCUT2D eigenvalue weighted by molar-refractivity contribution is 0.303. The van der Waals surface area contributed by atoms with E-state index in [4.69, 9.17) is 9.47 Å². The highest BCUT2D eigenvalue weighted by Crippen LogP contribution is 2.34. The van der Waals surface area contributed by atoms with E-state index in [0.717, 1.165) is 70.1 Å². The summed E-state index contributed by atoms with van der Waals surface area (Å²) in [5.74, 6) is 1.44. The molecule has 0 saturated carbocycles. The molecular formula is C52H72Br2O4S. The maximum Gasteiger partial charge on any atom is 0.207 e. The summed E-state index contributed by atoms with van der Waals surface area (Å²) >= 11 is 7.04. The number of hydrogen-bond acceptors (Lipinski definition) is 4. The molecule has 4 rings (SSSR count). The number of unbranched alkanes of at least 4 members (excludes halogenated alkanes) is 18. The highest BCUT2D eigenvalue weighted by Gasteiger charge is 2.26. The van der Waals surface area contributed by atoms with Gasteiger partial charge in [-0.2, -0.15) is 0 Å². The van der Waals surface area contributed by atoms with Crippen molar-refractivity contribution in [2.75, 3.05) is 23.9 Å². The Labute approximate surface area is 375 Å². The summed E-state index contributed by atoms with van der Waals surface area (Å²) in [6.07, 6.45) is 26.2. The molecule has 0 aliphatic heterocycles. The van der Waals surface area contributed by atoms with Crippen LogP contribution in [0.25, 0.3) is 0 Å². The van der Waals surface area contributed by atoms with Crippen molar-refractivity contribution in [2.45, 2.75) is 165 Å². The fraction of sp³-hybridized carbons (Fsp3) is 0.538. The van der Waals surface area contributed by atoms with Crippen LogP contribution in [-0.4, -0.2) is 32.3 Å². The van der Waals surface area contributed by atoms with E-state index in [-0.39, 0.29) is 0 Å². The number of sulfone groups is 1. The molecule has 324 valence electrons. The van der Waals surface area contributed by atoms with Gasteiger partial charge in [-0.15, -0.1) is 0 Å². The quantitative estimate of drug-likeness (QED) is 0.0361. The molecule has 0 aliphatic carbocycles. The first kappa shape index (κ1) is 49.0. The van der Waals surface area contributed by atoms with Gasteiger partial charge in [0.1, 0.15) is 11.5 Å². The fourth-order valence-electron chi connectivity index (χ4n) is 7.66. The first-order valence-corrected chi connectivity index (χ1v) is 26.5. The van der Waals surface area contributed by atoms with E-state index in [0.29, 0.717) is 35.8 Å². The molecular weight excluding hydrogens is 880 g/mol. The Kier molecular flexibility index (Phi) is 24.0. The molecule has 0 unspecified atom stereocenters. The van der Waals surface area contributed by atoms with Crippen LogP contribution in [0.15, 0.2) is 94.7 Å². The minimum Gasteiger partial charge on any atom is -0.494 e. The highest BCUT2D eigenvalue weighted by atomic mass is 79.9. The van der Waals surface area contributed by atoms with Crippen LogP contribution in [0.4, 0.5) is 0 Å². The standard InChI is InChI=1S/C52H72Br2O4S/c1-43-23-27-45(28-24-43)39-47-41-49(57-37-21-17-13-9-5-3-7-11-15-19-35-53)31-33-51(47)59(55,56)52-34-32-50(42-48(52)40-46-29-25-44(2)26-30-46)58-38-22-18-14-10-6-4-8-12-16-20-36-54/h23-34,41-42H,3-22,35-40H2,1-2H3. The van der Waals surface area contributed by atoms with Gasteiger partial charge in [0.15, 0.2) is 0 Å². The lowest BCUT2D eigenvalue weighted by Crippen LogP contribution is -2.11. The van der Waals surface area contributed by atoms with Gasteiger partial charge < -0.3 is 9.47 Å². The average molecular weight is 953 g/mol. The number of rotatable bonds is 32. The largest absolute Gasteiger partial charge is 0.494 e. The predicted octanol–water partition coefficient (Wildman–Crippen LogP) is 15.7. The molecule has 0 amide bonds. The van der Waals surface area contributed by atoms with Crippen molar-refractivity contribution in [2.24, 2.45) is 0 Å². The first-order chi connectivity index (χ1) is 28.8. The van der Waals surface area contributed by atoms with Crippen molar-refractivity contribution in [3.05, 3.63) is 118 Å². The molecule has 0 atom stereocenters. The SMILES string of the molecule is Cc1ccc(Cc2cc(OCCCCCCCCCCCCBr)ccc2S(=O)(=O)c2ccc(OCCCCCCCCCCCCBr)cc2Cc2ccc(C)cc2)cc1. The molecule has 0 N–H and O–H groups in total. The molecule has 0 spiro atoms. The van der Waals surface area contributed by atoms with E-state index in [2.05, 4.69) is 94.2 Å². The molecule has 4 aromatic rings. The van der Waals surface area contributed by atoms with E-state index < -0.39 is 9.84 Å². The molecule has 0 fully saturated rings. The van der Waals surface area contributed by atoms with E-state index >= 15 is 0 Å². The summed E-state index contributed by atoms with van der Waals surface area (Å²) in [4.78, 5) is 0.658. The van der Waals surface area contributed by atoms with Crippen LogP contribution in [0, 0.1) is 13.8 Å². The topological polar surface area (TPSA) is 52.6 Å². The van der Waals surface area contributed by atoms with E-state index in [1.54, 1.807) is 12.1 Å². The van der Waals surface area contributed by atoms with Crippen molar-refractivity contribution in [1.82, 2.24) is 0 Å². The van der Waals surface area contributed by atoms with Crippen molar-refractivity contribution in [3.8, 4) is 11.5 Å². The van der Waals surface area contributed by atoms with E-state index in [9.17, 15) is 8.42 Å². The van der Waals surface area contributed by atoms with Gasteiger partial charge in [-0.3, -0.25) is 0 Å². The van der Waals surface area contributed by atoms with Gasteiger partial charge in [0.25, 0.3) is 0 Å². The van der Waals surface area contributed by atoms with Crippen molar-refractivity contribution >= 4 is 41.7 Å². The van der Waals surface area contributed by atoms with Gasteiger partial charge >= 0.3 is 0 Å². The van der Waals surface area contributed by atoms with Gasteiger partial charge in [0.05, 0.1) is 23.0 Å². The van der Waals surface area contributed by atoms with Crippen LogP contribution in [-0.2, 0) is 22.7 Å². The van der Waals surface area contributed by atoms with Crippen LogP contribution in [0.1, 0.15) is 162 Å². The normalized spacial score (nSPS) is 11.6. The second-order valence-electron chi connectivity index (χ2n) is 16.5. The summed E-state index contributed by atoms with van der Waals surface area (Å²) in [5, 5.41) is 2.23. The summed E-state index contributed by atoms with van der Waals surface area (Å²) in [6.45, 7) is 5.40. The first-order valence-electron chi connectivity index (χ1n) is 22.8. The molecule has 4 nitrogen and oxygen atoms in total. The summed E-state index contributed by atoms with van der Waals surface area (Å²) < 4.78 is 42.2. The number of alkyl halides is 2. The maximum atomic E-state index is 14.8. The molecule has 0 bridgehead atoms. The average Bonchev–Trinajstić information content (AvgIpc) is 3.23. The zero-order chi connectivity index (χ0) is 42.0. The highest BCUT2D eigenvalue weighted by molar-refractivity contribution is 9.09. The number of benzene rings is 4. The number of aryl methyl sites for hydroxylation is 2. The second-order valence-corrected chi connectivity index (χ2v) is 20.0. The molecule has 0 aromatic heterocycles. The Bertz CT molecular complexity index is 1710. The summed E-state index contributed by atoms with van der Waals surface area (Å²) in [7, 11) is -3.90. The fourth-order valence-corrected chi connectivity index (χ4v) is 10.1. The Hall–Kier alpha value is -2.61. The third kappa shape index (κ3) is 18.9. The zero-order valence-electron chi connectivity index (χ0n) is 36.3. The number of hydrogen-bond donors (Lipinski definition) is 0. The maximum absolute atomic E-state index is 14.8. The van der Waals surface area contributed by atoms with Crippen LogP contribution >= 0.6 is 31.9 Å². The molecule has 7 heteroatoms. The third-order valence-corrected chi connectivity index (χ3v) is 14.3. The summed E-state index contributed by atoms with van der Waals surface area (Å²) in [6, 6.07) is 27.8. The van der Waals surface area contributed by atoms with Crippen molar-refractivity contribution in [1.29, 1.82) is 0 Å². The predicted molar refractivity (Wildman–Crippen MR) is 257 cm³/mol. The van der Waals surface area contributed by atoms with Gasteiger partial charge in [0.2, 0.25) is 9.84 Å². The Morgan fingerprint density at radius 2 is 0.712 bits per heavy atom. The molecule has 0 saturated heterocycles.